The number of carbonyl (C=O) groups is 2. The lowest BCUT2D eigenvalue weighted by Crippen LogP contribution is -2.48. The molecule has 5 heteroatoms. The van der Waals surface area contributed by atoms with Gasteiger partial charge < -0.3 is 14.7 Å². The summed E-state index contributed by atoms with van der Waals surface area (Å²) < 4.78 is 5.59. The number of rotatable bonds is 2. The summed E-state index contributed by atoms with van der Waals surface area (Å²) in [5.74, 6) is -0.388. The van der Waals surface area contributed by atoms with Crippen molar-refractivity contribution >= 4 is 11.9 Å². The van der Waals surface area contributed by atoms with Crippen molar-refractivity contribution in [2.75, 3.05) is 6.61 Å². The molecule has 0 radical (unpaired) electrons. The Labute approximate surface area is 145 Å². The van der Waals surface area contributed by atoms with E-state index in [1.807, 2.05) is 36.4 Å². The molecule has 2 heterocycles. The molecule has 1 amide bonds. The van der Waals surface area contributed by atoms with Gasteiger partial charge in [0.2, 0.25) is 0 Å². The first-order valence-electron chi connectivity index (χ1n) is 8.50. The fraction of sp³-hybridized carbons (Fsp3) is 0.300. The van der Waals surface area contributed by atoms with Gasteiger partial charge in [0.1, 0.15) is 11.8 Å². The lowest BCUT2D eigenvalue weighted by atomic mass is 9.93. The van der Waals surface area contributed by atoms with Crippen LogP contribution >= 0.6 is 0 Å². The van der Waals surface area contributed by atoms with Crippen molar-refractivity contribution in [3.8, 4) is 5.75 Å². The van der Waals surface area contributed by atoms with E-state index in [4.69, 9.17) is 4.74 Å². The van der Waals surface area contributed by atoms with Gasteiger partial charge in [-0.1, -0.05) is 24.3 Å². The molecule has 2 aliphatic rings. The Hall–Kier alpha value is -2.82. The molecule has 0 unspecified atom stereocenters. The number of aryl methyl sites for hydroxylation is 1. The number of nitrogens with zero attached hydrogens (tertiary/aromatic N) is 1. The minimum Gasteiger partial charge on any atom is -0.493 e. The molecule has 0 aromatic heterocycles. The second-order valence-electron chi connectivity index (χ2n) is 6.53. The number of hydrogen-bond donors (Lipinski definition) is 1. The molecule has 2 aromatic rings. The van der Waals surface area contributed by atoms with Crippen LogP contribution in [0.2, 0.25) is 0 Å². The summed E-state index contributed by atoms with van der Waals surface area (Å²) in [5.41, 5.74) is 3.55. The maximum absolute atomic E-state index is 13.0. The van der Waals surface area contributed by atoms with Crippen molar-refractivity contribution in [2.45, 2.75) is 31.8 Å². The summed E-state index contributed by atoms with van der Waals surface area (Å²) in [5, 5.41) is 9.61. The van der Waals surface area contributed by atoms with Crippen LogP contribution in [0.4, 0.5) is 0 Å². The van der Waals surface area contributed by atoms with Crippen LogP contribution in [0.25, 0.3) is 0 Å². The van der Waals surface area contributed by atoms with Crippen LogP contribution in [0.15, 0.2) is 42.5 Å². The van der Waals surface area contributed by atoms with Gasteiger partial charge in [-0.05, 0) is 47.7 Å². The van der Waals surface area contributed by atoms with Gasteiger partial charge in [-0.2, -0.15) is 0 Å². The largest absolute Gasteiger partial charge is 0.493 e. The Balaban J connectivity index is 1.67. The van der Waals surface area contributed by atoms with Crippen molar-refractivity contribution in [3.05, 3.63) is 64.7 Å². The Morgan fingerprint density at radius 1 is 1.08 bits per heavy atom. The van der Waals surface area contributed by atoms with Gasteiger partial charge in [-0.25, -0.2) is 4.79 Å². The third kappa shape index (κ3) is 2.86. The average molecular weight is 337 g/mol. The SMILES string of the molecule is O=C(O)[C@H]1Cc2ccccc2CN1C(=O)c1ccc2c(c1)CCCO2. The molecule has 0 saturated heterocycles. The molecule has 128 valence electrons. The molecular weight excluding hydrogens is 318 g/mol. The summed E-state index contributed by atoms with van der Waals surface area (Å²) >= 11 is 0. The third-order valence-electron chi connectivity index (χ3n) is 4.95. The molecule has 25 heavy (non-hydrogen) atoms. The van der Waals surface area contributed by atoms with E-state index in [-0.39, 0.29) is 5.91 Å². The number of carboxylic acids is 1. The van der Waals surface area contributed by atoms with Gasteiger partial charge in [0.15, 0.2) is 0 Å². The van der Waals surface area contributed by atoms with Crippen molar-refractivity contribution < 1.29 is 19.4 Å². The molecule has 5 nitrogen and oxygen atoms in total. The van der Waals surface area contributed by atoms with Crippen LogP contribution in [0.3, 0.4) is 0 Å². The van der Waals surface area contributed by atoms with Gasteiger partial charge in [0.25, 0.3) is 5.91 Å². The number of carbonyl (C=O) groups excluding carboxylic acids is 1. The third-order valence-corrected chi connectivity index (χ3v) is 4.95. The highest BCUT2D eigenvalue weighted by molar-refractivity contribution is 5.97. The fourth-order valence-electron chi connectivity index (χ4n) is 3.62. The normalized spacial score (nSPS) is 18.7. The number of amides is 1. The van der Waals surface area contributed by atoms with Gasteiger partial charge in [0.05, 0.1) is 6.61 Å². The van der Waals surface area contributed by atoms with Gasteiger partial charge in [-0.3, -0.25) is 4.79 Å². The van der Waals surface area contributed by atoms with E-state index in [0.717, 1.165) is 35.3 Å². The van der Waals surface area contributed by atoms with E-state index in [2.05, 4.69) is 0 Å². The first kappa shape index (κ1) is 15.7. The summed E-state index contributed by atoms with van der Waals surface area (Å²) in [4.78, 5) is 26.2. The zero-order valence-corrected chi connectivity index (χ0v) is 13.8. The van der Waals surface area contributed by atoms with Crippen molar-refractivity contribution in [2.24, 2.45) is 0 Å². The highest BCUT2D eigenvalue weighted by Gasteiger charge is 2.35. The highest BCUT2D eigenvalue weighted by Crippen LogP contribution is 2.29. The zero-order valence-electron chi connectivity index (χ0n) is 13.8. The zero-order chi connectivity index (χ0) is 17.4. The van der Waals surface area contributed by atoms with Gasteiger partial charge >= 0.3 is 5.97 Å². The standard InChI is InChI=1S/C20H19NO4/c22-19(15-7-8-18-14(10-15)6-3-9-25-18)21-12-16-5-2-1-4-13(16)11-17(21)20(23)24/h1-2,4-5,7-8,10,17H,3,6,9,11-12H2,(H,23,24)/t17-/m1/s1. The summed E-state index contributed by atoms with van der Waals surface area (Å²) in [7, 11) is 0. The number of fused-ring (bicyclic) bond motifs is 2. The molecule has 1 atom stereocenters. The molecule has 0 aliphatic carbocycles. The molecule has 0 spiro atoms. The molecule has 0 bridgehead atoms. The molecule has 0 fully saturated rings. The number of hydrogen-bond acceptors (Lipinski definition) is 3. The van der Waals surface area contributed by atoms with Crippen LogP contribution in [-0.2, 0) is 24.2 Å². The molecule has 2 aliphatic heterocycles. The highest BCUT2D eigenvalue weighted by atomic mass is 16.5. The van der Waals surface area contributed by atoms with Crippen LogP contribution in [0.5, 0.6) is 5.75 Å². The molecule has 2 aromatic carbocycles. The second-order valence-corrected chi connectivity index (χ2v) is 6.53. The maximum Gasteiger partial charge on any atom is 0.326 e. The smallest absolute Gasteiger partial charge is 0.326 e. The Bertz CT molecular complexity index is 845. The molecule has 1 N–H and O–H groups in total. The van der Waals surface area contributed by atoms with E-state index in [0.29, 0.717) is 25.1 Å². The minimum absolute atomic E-state index is 0.240. The lowest BCUT2D eigenvalue weighted by molar-refractivity contribution is -0.142. The topological polar surface area (TPSA) is 66.8 Å². The Morgan fingerprint density at radius 2 is 1.88 bits per heavy atom. The van der Waals surface area contributed by atoms with E-state index in [1.165, 1.54) is 4.90 Å². The fourth-order valence-corrected chi connectivity index (χ4v) is 3.62. The monoisotopic (exact) mass is 337 g/mol. The molecular formula is C20H19NO4. The number of ether oxygens (including phenoxy) is 1. The van der Waals surface area contributed by atoms with E-state index < -0.39 is 12.0 Å². The molecule has 0 saturated carbocycles. The van der Waals surface area contributed by atoms with E-state index in [1.54, 1.807) is 6.07 Å². The van der Waals surface area contributed by atoms with E-state index in [9.17, 15) is 14.7 Å². The number of benzene rings is 2. The maximum atomic E-state index is 13.0. The van der Waals surface area contributed by atoms with Gasteiger partial charge in [-0.15, -0.1) is 0 Å². The summed E-state index contributed by atoms with van der Waals surface area (Å²) in [6, 6.07) is 12.3. The quantitative estimate of drug-likeness (QED) is 0.915. The van der Waals surface area contributed by atoms with Crippen LogP contribution in [-0.4, -0.2) is 34.5 Å². The van der Waals surface area contributed by atoms with Crippen LogP contribution < -0.4 is 4.74 Å². The summed E-state index contributed by atoms with van der Waals surface area (Å²) in [6.45, 7) is 1.02. The molecule has 4 rings (SSSR count). The predicted octanol–water partition coefficient (Wildman–Crippen LogP) is 2.66. The van der Waals surface area contributed by atoms with Crippen molar-refractivity contribution in [1.29, 1.82) is 0 Å². The Kier molecular flexibility index (Phi) is 3.92. The summed E-state index contributed by atoms with van der Waals surface area (Å²) in [6.07, 6.45) is 2.15. The predicted molar refractivity (Wildman–Crippen MR) is 91.7 cm³/mol. The lowest BCUT2D eigenvalue weighted by Gasteiger charge is -2.34. The number of carboxylic acid groups (broad SMARTS) is 1. The van der Waals surface area contributed by atoms with Crippen molar-refractivity contribution in [1.82, 2.24) is 4.90 Å². The van der Waals surface area contributed by atoms with Crippen molar-refractivity contribution in [3.63, 3.8) is 0 Å². The first-order chi connectivity index (χ1) is 12.1. The van der Waals surface area contributed by atoms with Crippen LogP contribution in [0, 0.1) is 0 Å². The number of aliphatic carboxylic acids is 1. The average Bonchev–Trinajstić information content (AvgIpc) is 2.66. The first-order valence-corrected chi connectivity index (χ1v) is 8.50. The second kappa shape index (κ2) is 6.24. The van der Waals surface area contributed by atoms with E-state index >= 15 is 0 Å². The Morgan fingerprint density at radius 3 is 2.68 bits per heavy atom. The van der Waals surface area contributed by atoms with Crippen LogP contribution in [0.1, 0.15) is 33.5 Å². The minimum atomic E-state index is -0.968. The van der Waals surface area contributed by atoms with Gasteiger partial charge in [0, 0.05) is 18.5 Å².